The Labute approximate surface area is 169 Å². The quantitative estimate of drug-likeness (QED) is 0.588. The second kappa shape index (κ2) is 11.5. The third-order valence-corrected chi connectivity index (χ3v) is 5.06. The summed E-state index contributed by atoms with van der Waals surface area (Å²) in [5.74, 6) is 0.502. The van der Waals surface area contributed by atoms with Crippen molar-refractivity contribution in [1.29, 1.82) is 0 Å². The van der Waals surface area contributed by atoms with E-state index < -0.39 is 6.03 Å². The number of nitrogens with one attached hydrogen (secondary N) is 2. The van der Waals surface area contributed by atoms with Crippen molar-refractivity contribution >= 4 is 23.7 Å². The van der Waals surface area contributed by atoms with E-state index in [1.54, 1.807) is 7.11 Å². The van der Waals surface area contributed by atoms with Crippen LogP contribution in [-0.2, 0) is 22.5 Å². The number of rotatable bonds is 10. The first-order valence-electron chi connectivity index (χ1n) is 9.21. The molecule has 1 aromatic carbocycles. The molecule has 9 heteroatoms. The molecule has 0 fully saturated rings. The number of hydrogen-bond donors (Lipinski definition) is 2. The van der Waals surface area contributed by atoms with E-state index in [4.69, 9.17) is 4.74 Å². The van der Waals surface area contributed by atoms with Crippen molar-refractivity contribution in [2.45, 2.75) is 44.4 Å². The van der Waals surface area contributed by atoms with Crippen LogP contribution in [0.15, 0.2) is 35.5 Å². The SMILES string of the molecule is CC[C@H](C)NC(=O)NC(=O)CSc1nnc(Cc2ccccc2)n1CCOC. The van der Waals surface area contributed by atoms with Crippen molar-refractivity contribution in [2.75, 3.05) is 19.5 Å². The van der Waals surface area contributed by atoms with E-state index in [-0.39, 0.29) is 17.7 Å². The lowest BCUT2D eigenvalue weighted by molar-refractivity contribution is -0.117. The van der Waals surface area contributed by atoms with Gasteiger partial charge in [0.25, 0.3) is 0 Å². The van der Waals surface area contributed by atoms with E-state index in [0.29, 0.717) is 24.7 Å². The van der Waals surface area contributed by atoms with E-state index in [0.717, 1.165) is 17.8 Å². The molecule has 2 N–H and O–H groups in total. The maximum absolute atomic E-state index is 12.0. The molecule has 0 unspecified atom stereocenters. The molecular formula is C19H27N5O3S. The number of imide groups is 1. The number of amides is 3. The zero-order valence-corrected chi connectivity index (χ0v) is 17.3. The van der Waals surface area contributed by atoms with Gasteiger partial charge < -0.3 is 14.6 Å². The molecule has 2 aromatic rings. The number of methoxy groups -OCH3 is 1. The highest BCUT2D eigenvalue weighted by molar-refractivity contribution is 7.99. The van der Waals surface area contributed by atoms with Gasteiger partial charge in [0.15, 0.2) is 5.16 Å². The van der Waals surface area contributed by atoms with Crippen LogP contribution in [-0.4, -0.2) is 52.2 Å². The molecule has 0 aliphatic carbocycles. The molecule has 0 bridgehead atoms. The first kappa shape index (κ1) is 21.9. The fraction of sp³-hybridized carbons (Fsp3) is 0.474. The second-order valence-corrected chi connectivity index (χ2v) is 7.27. The highest BCUT2D eigenvalue weighted by Crippen LogP contribution is 2.18. The van der Waals surface area contributed by atoms with E-state index in [2.05, 4.69) is 20.8 Å². The molecule has 1 atom stereocenters. The lowest BCUT2D eigenvalue weighted by Gasteiger charge is -2.12. The first-order valence-corrected chi connectivity index (χ1v) is 10.2. The summed E-state index contributed by atoms with van der Waals surface area (Å²) < 4.78 is 7.14. The summed E-state index contributed by atoms with van der Waals surface area (Å²) in [4.78, 5) is 23.8. The zero-order valence-electron chi connectivity index (χ0n) is 16.5. The van der Waals surface area contributed by atoms with Crippen LogP contribution < -0.4 is 10.6 Å². The number of nitrogens with zero attached hydrogens (tertiary/aromatic N) is 3. The zero-order chi connectivity index (χ0) is 20.4. The fourth-order valence-electron chi connectivity index (χ4n) is 2.40. The Morgan fingerprint density at radius 1 is 1.25 bits per heavy atom. The fourth-order valence-corrected chi connectivity index (χ4v) is 3.18. The Bertz CT molecular complexity index is 766. The largest absolute Gasteiger partial charge is 0.383 e. The van der Waals surface area contributed by atoms with Crippen LogP contribution in [0.5, 0.6) is 0 Å². The van der Waals surface area contributed by atoms with Gasteiger partial charge in [0.05, 0.1) is 12.4 Å². The molecule has 0 aliphatic rings. The molecule has 28 heavy (non-hydrogen) atoms. The molecule has 0 radical (unpaired) electrons. The summed E-state index contributed by atoms with van der Waals surface area (Å²) in [5, 5.41) is 14.2. The van der Waals surface area contributed by atoms with Crippen molar-refractivity contribution < 1.29 is 14.3 Å². The minimum Gasteiger partial charge on any atom is -0.383 e. The summed E-state index contributed by atoms with van der Waals surface area (Å²) in [6, 6.07) is 9.53. The van der Waals surface area contributed by atoms with Crippen LogP contribution in [0.1, 0.15) is 31.7 Å². The predicted molar refractivity (Wildman–Crippen MR) is 108 cm³/mol. The monoisotopic (exact) mass is 405 g/mol. The first-order chi connectivity index (χ1) is 13.5. The van der Waals surface area contributed by atoms with E-state index in [1.165, 1.54) is 11.8 Å². The van der Waals surface area contributed by atoms with Gasteiger partial charge in [-0.25, -0.2) is 4.79 Å². The number of ether oxygens (including phenoxy) is 1. The molecule has 152 valence electrons. The summed E-state index contributed by atoms with van der Waals surface area (Å²) in [6.07, 6.45) is 1.44. The number of thioether (sulfide) groups is 1. The number of carbonyl (C=O) groups excluding carboxylic acids is 2. The number of hydrogen-bond acceptors (Lipinski definition) is 6. The van der Waals surface area contributed by atoms with Crippen LogP contribution in [0.25, 0.3) is 0 Å². The summed E-state index contributed by atoms with van der Waals surface area (Å²) in [6.45, 7) is 4.94. The van der Waals surface area contributed by atoms with Crippen LogP contribution in [0.4, 0.5) is 4.79 Å². The van der Waals surface area contributed by atoms with Crippen LogP contribution >= 0.6 is 11.8 Å². The molecular weight excluding hydrogens is 378 g/mol. The highest BCUT2D eigenvalue weighted by atomic mass is 32.2. The van der Waals surface area contributed by atoms with E-state index in [1.807, 2.05) is 48.7 Å². The average Bonchev–Trinajstić information content (AvgIpc) is 3.06. The molecule has 8 nitrogen and oxygen atoms in total. The Balaban J connectivity index is 1.98. The van der Waals surface area contributed by atoms with Crippen molar-refractivity contribution in [3.05, 3.63) is 41.7 Å². The molecule has 0 spiro atoms. The summed E-state index contributed by atoms with van der Waals surface area (Å²) in [5.41, 5.74) is 1.13. The second-order valence-electron chi connectivity index (χ2n) is 6.33. The van der Waals surface area contributed by atoms with Crippen LogP contribution in [0, 0.1) is 0 Å². The van der Waals surface area contributed by atoms with Crippen LogP contribution in [0.3, 0.4) is 0 Å². The Hall–Kier alpha value is -2.39. The smallest absolute Gasteiger partial charge is 0.321 e. The molecule has 1 aromatic heterocycles. The van der Waals surface area contributed by atoms with Gasteiger partial charge in [-0.15, -0.1) is 10.2 Å². The normalized spacial score (nSPS) is 11.8. The number of benzene rings is 1. The van der Waals surface area contributed by atoms with Crippen molar-refractivity contribution in [3.8, 4) is 0 Å². The van der Waals surface area contributed by atoms with Gasteiger partial charge >= 0.3 is 6.03 Å². The number of urea groups is 1. The molecule has 2 rings (SSSR count). The number of aromatic nitrogens is 3. The standard InChI is InChI=1S/C19H27N5O3S/c1-4-14(2)20-18(26)21-17(25)13-28-19-23-22-16(24(19)10-11-27-3)12-15-8-6-5-7-9-15/h5-9,14H,4,10-13H2,1-3H3,(H2,20,21,25,26)/t14-/m0/s1. The third kappa shape index (κ3) is 6.97. The van der Waals surface area contributed by atoms with Crippen molar-refractivity contribution in [2.24, 2.45) is 0 Å². The summed E-state index contributed by atoms with van der Waals surface area (Å²) >= 11 is 1.25. The summed E-state index contributed by atoms with van der Waals surface area (Å²) in [7, 11) is 1.64. The third-order valence-electron chi connectivity index (χ3n) is 4.09. The molecule has 0 saturated heterocycles. The molecule has 0 aliphatic heterocycles. The Morgan fingerprint density at radius 2 is 2.00 bits per heavy atom. The van der Waals surface area contributed by atoms with Gasteiger partial charge in [0.1, 0.15) is 5.82 Å². The van der Waals surface area contributed by atoms with Gasteiger partial charge in [0.2, 0.25) is 5.91 Å². The van der Waals surface area contributed by atoms with Gasteiger partial charge in [-0.3, -0.25) is 10.1 Å². The minimum atomic E-state index is -0.481. The average molecular weight is 406 g/mol. The maximum atomic E-state index is 12.0. The topological polar surface area (TPSA) is 98.1 Å². The molecule has 1 heterocycles. The lowest BCUT2D eigenvalue weighted by atomic mass is 10.1. The van der Waals surface area contributed by atoms with Gasteiger partial charge in [-0.05, 0) is 18.9 Å². The molecule has 3 amide bonds. The predicted octanol–water partition coefficient (Wildman–Crippen LogP) is 2.23. The van der Waals surface area contributed by atoms with Gasteiger partial charge in [-0.1, -0.05) is 49.0 Å². The number of carbonyl (C=O) groups is 2. The minimum absolute atomic E-state index is 0.0122. The Morgan fingerprint density at radius 3 is 2.68 bits per heavy atom. The molecule has 0 saturated carbocycles. The van der Waals surface area contributed by atoms with Gasteiger partial charge in [-0.2, -0.15) is 0 Å². The Kier molecular flexibility index (Phi) is 8.96. The van der Waals surface area contributed by atoms with Crippen molar-refractivity contribution in [3.63, 3.8) is 0 Å². The van der Waals surface area contributed by atoms with E-state index in [9.17, 15) is 9.59 Å². The maximum Gasteiger partial charge on any atom is 0.321 e. The van der Waals surface area contributed by atoms with Crippen molar-refractivity contribution in [1.82, 2.24) is 25.4 Å². The van der Waals surface area contributed by atoms with Gasteiger partial charge in [0, 0.05) is 26.1 Å². The van der Waals surface area contributed by atoms with E-state index >= 15 is 0 Å². The highest BCUT2D eigenvalue weighted by Gasteiger charge is 2.16. The lowest BCUT2D eigenvalue weighted by Crippen LogP contribution is -2.43. The van der Waals surface area contributed by atoms with Crippen LogP contribution in [0.2, 0.25) is 0 Å².